The molecule has 0 bridgehead atoms. The maximum absolute atomic E-state index is 12.9. The molecule has 1 aliphatic heterocycles. The number of para-hydroxylation sites is 1. The summed E-state index contributed by atoms with van der Waals surface area (Å²) in [5, 5.41) is 6.00. The molecule has 3 aromatic carbocycles. The van der Waals surface area contributed by atoms with Gasteiger partial charge in [0.15, 0.2) is 0 Å². The van der Waals surface area contributed by atoms with Gasteiger partial charge in [-0.3, -0.25) is 14.5 Å². The summed E-state index contributed by atoms with van der Waals surface area (Å²) in [6, 6.07) is 26.6. The standard InChI is InChI=1S/C25H25N3O2/c29-24(20-11-5-2-6-12-20)27-23-14-8-7-13-22(23)25(30)26-21-15-16-28(18-21)17-19-9-3-1-4-10-19/h1-14,21H,15-18H2,(H,26,30)(H,27,29). The third-order valence-corrected chi connectivity index (χ3v) is 5.31. The number of carbonyl (C=O) groups excluding carboxylic acids is 2. The number of benzene rings is 3. The molecule has 3 aromatic rings. The van der Waals surface area contributed by atoms with Crippen LogP contribution >= 0.6 is 0 Å². The van der Waals surface area contributed by atoms with Crippen LogP contribution in [0.2, 0.25) is 0 Å². The van der Waals surface area contributed by atoms with Gasteiger partial charge in [0, 0.05) is 31.2 Å². The van der Waals surface area contributed by atoms with Gasteiger partial charge in [-0.2, -0.15) is 0 Å². The molecule has 0 aliphatic carbocycles. The molecule has 5 heteroatoms. The first-order chi connectivity index (χ1) is 14.7. The van der Waals surface area contributed by atoms with E-state index in [1.807, 2.05) is 48.5 Å². The van der Waals surface area contributed by atoms with E-state index in [1.165, 1.54) is 5.56 Å². The number of nitrogens with zero attached hydrogens (tertiary/aromatic N) is 1. The van der Waals surface area contributed by atoms with Crippen molar-refractivity contribution >= 4 is 17.5 Å². The molecule has 30 heavy (non-hydrogen) atoms. The molecule has 1 fully saturated rings. The van der Waals surface area contributed by atoms with Crippen LogP contribution < -0.4 is 10.6 Å². The number of likely N-dealkylation sites (tertiary alicyclic amines) is 1. The lowest BCUT2D eigenvalue weighted by atomic mass is 10.1. The Kier molecular flexibility index (Phi) is 6.20. The molecule has 0 radical (unpaired) electrons. The van der Waals surface area contributed by atoms with Crippen LogP contribution in [0.5, 0.6) is 0 Å². The van der Waals surface area contributed by atoms with E-state index in [-0.39, 0.29) is 17.9 Å². The van der Waals surface area contributed by atoms with E-state index in [0.717, 1.165) is 26.1 Å². The minimum absolute atomic E-state index is 0.0964. The Balaban J connectivity index is 1.38. The molecule has 1 atom stereocenters. The monoisotopic (exact) mass is 399 g/mol. The van der Waals surface area contributed by atoms with Crippen molar-refractivity contribution in [2.24, 2.45) is 0 Å². The second-order valence-electron chi connectivity index (χ2n) is 7.55. The van der Waals surface area contributed by atoms with Gasteiger partial charge in [0.1, 0.15) is 0 Å². The molecular weight excluding hydrogens is 374 g/mol. The van der Waals surface area contributed by atoms with Crippen LogP contribution in [0.25, 0.3) is 0 Å². The van der Waals surface area contributed by atoms with Gasteiger partial charge >= 0.3 is 0 Å². The molecule has 1 aliphatic rings. The summed E-state index contributed by atoms with van der Waals surface area (Å²) in [7, 11) is 0. The highest BCUT2D eigenvalue weighted by atomic mass is 16.2. The van der Waals surface area contributed by atoms with Crippen molar-refractivity contribution in [1.82, 2.24) is 10.2 Å². The Morgan fingerprint density at radius 2 is 1.50 bits per heavy atom. The first kappa shape index (κ1) is 19.9. The average molecular weight is 399 g/mol. The van der Waals surface area contributed by atoms with E-state index in [9.17, 15) is 9.59 Å². The molecule has 1 saturated heterocycles. The summed E-state index contributed by atoms with van der Waals surface area (Å²) < 4.78 is 0. The number of rotatable bonds is 6. The maximum Gasteiger partial charge on any atom is 0.255 e. The number of hydrogen-bond acceptors (Lipinski definition) is 3. The Hall–Kier alpha value is -3.44. The minimum Gasteiger partial charge on any atom is -0.348 e. The van der Waals surface area contributed by atoms with Gasteiger partial charge in [-0.1, -0.05) is 60.7 Å². The third kappa shape index (κ3) is 4.93. The van der Waals surface area contributed by atoms with E-state index in [0.29, 0.717) is 16.8 Å². The zero-order valence-electron chi connectivity index (χ0n) is 16.8. The Bertz CT molecular complexity index is 1010. The largest absolute Gasteiger partial charge is 0.348 e. The summed E-state index contributed by atoms with van der Waals surface area (Å²) in [4.78, 5) is 27.8. The summed E-state index contributed by atoms with van der Waals surface area (Å²) in [5.74, 6) is -0.392. The molecule has 2 N–H and O–H groups in total. The number of anilines is 1. The zero-order valence-corrected chi connectivity index (χ0v) is 16.8. The Labute approximate surface area is 176 Å². The fourth-order valence-electron chi connectivity index (χ4n) is 3.77. The van der Waals surface area contributed by atoms with Crippen molar-refractivity contribution in [3.05, 3.63) is 102 Å². The smallest absolute Gasteiger partial charge is 0.255 e. The summed E-state index contributed by atoms with van der Waals surface area (Å²) in [6.45, 7) is 2.66. The first-order valence-electron chi connectivity index (χ1n) is 10.2. The molecule has 5 nitrogen and oxygen atoms in total. The van der Waals surface area contributed by atoms with Crippen molar-refractivity contribution in [1.29, 1.82) is 0 Å². The van der Waals surface area contributed by atoms with E-state index in [2.05, 4.69) is 27.7 Å². The molecule has 0 aromatic heterocycles. The lowest BCUT2D eigenvalue weighted by Gasteiger charge is -2.17. The molecule has 1 heterocycles. The molecule has 0 saturated carbocycles. The molecule has 4 rings (SSSR count). The van der Waals surface area contributed by atoms with Gasteiger partial charge in [-0.25, -0.2) is 0 Å². The van der Waals surface area contributed by atoms with Crippen LogP contribution in [0, 0.1) is 0 Å². The third-order valence-electron chi connectivity index (χ3n) is 5.31. The van der Waals surface area contributed by atoms with Gasteiger partial charge in [0.25, 0.3) is 11.8 Å². The van der Waals surface area contributed by atoms with Gasteiger partial charge in [-0.05, 0) is 36.2 Å². The second kappa shape index (κ2) is 9.37. The highest BCUT2D eigenvalue weighted by Crippen LogP contribution is 2.18. The Morgan fingerprint density at radius 1 is 0.833 bits per heavy atom. The van der Waals surface area contributed by atoms with E-state index >= 15 is 0 Å². The first-order valence-corrected chi connectivity index (χ1v) is 10.2. The average Bonchev–Trinajstić information content (AvgIpc) is 3.22. The van der Waals surface area contributed by atoms with Gasteiger partial charge < -0.3 is 10.6 Å². The van der Waals surface area contributed by atoms with Crippen LogP contribution in [0.1, 0.15) is 32.7 Å². The normalized spacial score (nSPS) is 16.2. The SMILES string of the molecule is O=C(Nc1ccccc1C(=O)NC1CCN(Cc2ccccc2)C1)c1ccccc1. The van der Waals surface area contributed by atoms with Crippen molar-refractivity contribution in [2.75, 3.05) is 18.4 Å². The Morgan fingerprint density at radius 3 is 2.27 bits per heavy atom. The van der Waals surface area contributed by atoms with Crippen LogP contribution in [0.4, 0.5) is 5.69 Å². The molecule has 0 spiro atoms. The quantitative estimate of drug-likeness (QED) is 0.660. The van der Waals surface area contributed by atoms with Gasteiger partial charge in [0.05, 0.1) is 11.3 Å². The maximum atomic E-state index is 12.9. The molecule has 2 amide bonds. The summed E-state index contributed by atoms with van der Waals surface area (Å²) >= 11 is 0. The summed E-state index contributed by atoms with van der Waals surface area (Å²) in [6.07, 6.45) is 0.914. The van der Waals surface area contributed by atoms with Crippen molar-refractivity contribution < 1.29 is 9.59 Å². The van der Waals surface area contributed by atoms with E-state index in [4.69, 9.17) is 0 Å². The summed E-state index contributed by atoms with van der Waals surface area (Å²) in [5.41, 5.74) is 2.82. The topological polar surface area (TPSA) is 61.4 Å². The lowest BCUT2D eigenvalue weighted by molar-refractivity contribution is 0.0938. The highest BCUT2D eigenvalue weighted by Gasteiger charge is 2.25. The van der Waals surface area contributed by atoms with Gasteiger partial charge in [-0.15, -0.1) is 0 Å². The van der Waals surface area contributed by atoms with Crippen LogP contribution in [0.15, 0.2) is 84.9 Å². The van der Waals surface area contributed by atoms with Crippen molar-refractivity contribution in [2.45, 2.75) is 19.0 Å². The van der Waals surface area contributed by atoms with Gasteiger partial charge in [0.2, 0.25) is 0 Å². The number of amides is 2. The zero-order chi connectivity index (χ0) is 20.8. The van der Waals surface area contributed by atoms with Crippen molar-refractivity contribution in [3.63, 3.8) is 0 Å². The minimum atomic E-state index is -0.231. The fourth-order valence-corrected chi connectivity index (χ4v) is 3.77. The van der Waals surface area contributed by atoms with Crippen LogP contribution in [0.3, 0.4) is 0 Å². The number of hydrogen-bond donors (Lipinski definition) is 2. The molecular formula is C25H25N3O2. The second-order valence-corrected chi connectivity index (χ2v) is 7.55. The molecule has 1 unspecified atom stereocenters. The van der Waals surface area contributed by atoms with Crippen LogP contribution in [-0.4, -0.2) is 35.8 Å². The van der Waals surface area contributed by atoms with E-state index < -0.39 is 0 Å². The molecule has 152 valence electrons. The number of nitrogens with one attached hydrogen (secondary N) is 2. The van der Waals surface area contributed by atoms with E-state index in [1.54, 1.807) is 24.3 Å². The highest BCUT2D eigenvalue weighted by molar-refractivity contribution is 6.09. The van der Waals surface area contributed by atoms with Crippen LogP contribution in [-0.2, 0) is 6.54 Å². The predicted molar refractivity (Wildman–Crippen MR) is 118 cm³/mol. The van der Waals surface area contributed by atoms with Crippen molar-refractivity contribution in [3.8, 4) is 0 Å². The number of carbonyl (C=O) groups is 2. The lowest BCUT2D eigenvalue weighted by Crippen LogP contribution is -2.37. The predicted octanol–water partition coefficient (Wildman–Crippen LogP) is 3.94. The fraction of sp³-hybridized carbons (Fsp3) is 0.200.